The van der Waals surface area contributed by atoms with Gasteiger partial charge in [0, 0.05) is 43.6 Å². The minimum Gasteiger partial charge on any atom is -0.343 e. The smallest absolute Gasteiger partial charge is 0.290 e. The van der Waals surface area contributed by atoms with E-state index in [-0.39, 0.29) is 28.5 Å². The fraction of sp³-hybridized carbons (Fsp3) is 0.219. The van der Waals surface area contributed by atoms with Gasteiger partial charge in [-0.1, -0.05) is 30.3 Å². The van der Waals surface area contributed by atoms with Crippen LogP contribution in [-0.2, 0) is 11.8 Å². The van der Waals surface area contributed by atoms with Crippen molar-refractivity contribution in [2.75, 3.05) is 37.8 Å². The molecule has 10 nitrogen and oxygen atoms in total. The number of piperazine rings is 1. The van der Waals surface area contributed by atoms with Crippen molar-refractivity contribution in [1.82, 2.24) is 24.6 Å². The Hall–Kier alpha value is -4.94. The molecular weight excluding hydrogens is 581 g/mol. The molecule has 2 amide bonds. The van der Waals surface area contributed by atoms with Crippen molar-refractivity contribution in [3.63, 3.8) is 0 Å². The molecule has 4 heterocycles. The van der Waals surface area contributed by atoms with Gasteiger partial charge in [-0.05, 0) is 60.8 Å². The Labute approximate surface area is 256 Å². The highest BCUT2D eigenvalue weighted by atomic mass is 32.1. The molecule has 0 aliphatic carbocycles. The first-order valence-corrected chi connectivity index (χ1v) is 14.8. The molecule has 2 aromatic carbocycles. The van der Waals surface area contributed by atoms with Gasteiger partial charge in [0.2, 0.25) is 5.91 Å². The minimum absolute atomic E-state index is 0.00611. The second-order valence-corrected chi connectivity index (χ2v) is 11.9. The van der Waals surface area contributed by atoms with Gasteiger partial charge < -0.3 is 15.5 Å². The van der Waals surface area contributed by atoms with Gasteiger partial charge in [-0.15, -0.1) is 11.3 Å². The summed E-state index contributed by atoms with van der Waals surface area (Å²) in [4.78, 5) is 47.4. The average Bonchev–Trinajstić information content (AvgIpc) is 3.45. The molecule has 12 heteroatoms. The Morgan fingerprint density at radius 3 is 2.57 bits per heavy atom. The molecule has 6 rings (SSSR count). The lowest BCUT2D eigenvalue weighted by Crippen LogP contribution is -2.49. The lowest BCUT2D eigenvalue weighted by atomic mass is 10.0. The van der Waals surface area contributed by atoms with Crippen LogP contribution in [0.1, 0.15) is 26.8 Å². The number of benzene rings is 2. The second kappa shape index (κ2) is 11.6. The first-order chi connectivity index (χ1) is 21.1. The molecule has 1 aliphatic rings. The zero-order valence-corrected chi connectivity index (χ0v) is 25.4. The van der Waals surface area contributed by atoms with Crippen LogP contribution in [0.25, 0.3) is 21.3 Å². The van der Waals surface area contributed by atoms with Gasteiger partial charge in [0.05, 0.1) is 16.3 Å². The van der Waals surface area contributed by atoms with E-state index in [1.54, 1.807) is 55.4 Å². The molecule has 1 atom stereocenters. The van der Waals surface area contributed by atoms with Crippen LogP contribution in [0, 0.1) is 12.7 Å². The van der Waals surface area contributed by atoms with Crippen LogP contribution >= 0.6 is 11.3 Å². The average molecular weight is 612 g/mol. The molecule has 0 saturated carbocycles. The predicted molar refractivity (Wildman–Crippen MR) is 170 cm³/mol. The molecule has 1 aliphatic heterocycles. The number of amides is 2. The van der Waals surface area contributed by atoms with Gasteiger partial charge in [0.25, 0.3) is 11.5 Å². The fourth-order valence-electron chi connectivity index (χ4n) is 5.24. The molecule has 44 heavy (non-hydrogen) atoms. The Kier molecular flexibility index (Phi) is 7.70. The van der Waals surface area contributed by atoms with Crippen LogP contribution in [0.5, 0.6) is 0 Å². The van der Waals surface area contributed by atoms with Crippen LogP contribution in [0.3, 0.4) is 0 Å². The highest BCUT2D eigenvalue weighted by Crippen LogP contribution is 2.32. The van der Waals surface area contributed by atoms with Crippen molar-refractivity contribution >= 4 is 50.4 Å². The maximum Gasteiger partial charge on any atom is 0.290 e. The number of anilines is 3. The number of nitrogens with zero attached hydrogens (tertiary/aromatic N) is 5. The lowest BCUT2D eigenvalue weighted by Gasteiger charge is -2.36. The van der Waals surface area contributed by atoms with E-state index >= 15 is 4.39 Å². The SMILES string of the molecule is Cc1ccc(-c2cc(Nc3ccc([C@H]4C(=O)N(C)CCN4C)cn3)c(=O)n(C)n2)c(F)c1NC(=O)c1cc2ccccc2s1. The lowest BCUT2D eigenvalue weighted by molar-refractivity contribution is -0.139. The van der Waals surface area contributed by atoms with Crippen LogP contribution in [-0.4, -0.2) is 63.6 Å². The number of hydrogen-bond donors (Lipinski definition) is 2. The number of nitrogens with one attached hydrogen (secondary N) is 2. The minimum atomic E-state index is -0.662. The number of hydrogen-bond acceptors (Lipinski definition) is 8. The summed E-state index contributed by atoms with van der Waals surface area (Å²) in [6.07, 6.45) is 1.61. The van der Waals surface area contributed by atoms with Crippen molar-refractivity contribution in [3.8, 4) is 11.3 Å². The number of fused-ring (bicyclic) bond motifs is 1. The monoisotopic (exact) mass is 611 g/mol. The van der Waals surface area contributed by atoms with E-state index in [0.717, 1.165) is 26.9 Å². The van der Waals surface area contributed by atoms with Crippen molar-refractivity contribution in [1.29, 1.82) is 0 Å². The molecule has 0 bridgehead atoms. The maximum absolute atomic E-state index is 16.0. The Morgan fingerprint density at radius 2 is 1.82 bits per heavy atom. The third-order valence-corrected chi connectivity index (χ3v) is 8.90. The summed E-state index contributed by atoms with van der Waals surface area (Å²) in [7, 11) is 5.15. The van der Waals surface area contributed by atoms with Crippen molar-refractivity contribution in [2.24, 2.45) is 7.05 Å². The summed E-state index contributed by atoms with van der Waals surface area (Å²) in [5.41, 5.74) is 1.34. The summed E-state index contributed by atoms with van der Waals surface area (Å²) in [5.74, 6) is -0.704. The number of rotatable bonds is 6. The molecular formula is C32H30FN7O3S. The first kappa shape index (κ1) is 29.1. The molecule has 1 saturated heterocycles. The van der Waals surface area contributed by atoms with E-state index in [2.05, 4.69) is 20.7 Å². The van der Waals surface area contributed by atoms with E-state index < -0.39 is 23.3 Å². The third kappa shape index (κ3) is 5.45. The number of halogens is 1. The maximum atomic E-state index is 16.0. The summed E-state index contributed by atoms with van der Waals surface area (Å²) in [6.45, 7) is 3.11. The van der Waals surface area contributed by atoms with E-state index in [1.165, 1.54) is 24.5 Å². The fourth-order valence-corrected chi connectivity index (χ4v) is 6.20. The number of carbonyl (C=O) groups excluding carboxylic acids is 2. The topological polar surface area (TPSA) is 112 Å². The number of aryl methyl sites for hydroxylation is 2. The number of pyridine rings is 1. The molecule has 5 aromatic rings. The first-order valence-electron chi connectivity index (χ1n) is 14.0. The molecule has 0 radical (unpaired) electrons. The highest BCUT2D eigenvalue weighted by Gasteiger charge is 2.32. The van der Waals surface area contributed by atoms with Crippen molar-refractivity contribution in [2.45, 2.75) is 13.0 Å². The number of likely N-dealkylation sites (N-methyl/N-ethyl adjacent to an activating group) is 2. The normalized spacial score (nSPS) is 15.5. The Bertz CT molecular complexity index is 1940. The van der Waals surface area contributed by atoms with Gasteiger partial charge in [0.15, 0.2) is 5.82 Å². The molecule has 3 aromatic heterocycles. The molecule has 0 unspecified atom stereocenters. The number of thiophene rings is 1. The Morgan fingerprint density at radius 1 is 1.02 bits per heavy atom. The standard InChI is InChI=1S/C32H30FN7O3S/c1-18-9-11-21(27(33)28(18)36-30(41)25-15-19-7-5-6-8-24(19)44-25)22-16-23(31(42)40(4)37-22)35-26-12-10-20(17-34-26)29-32(43)39(3)14-13-38(29)2/h5-12,15-17,29H,13-14H2,1-4H3,(H,34,35)(H,36,41)/t29-/m0/s1. The predicted octanol–water partition coefficient (Wildman–Crippen LogP) is 4.95. The van der Waals surface area contributed by atoms with E-state index in [1.807, 2.05) is 36.2 Å². The molecule has 1 fully saturated rings. The van der Waals surface area contributed by atoms with Crippen LogP contribution in [0.15, 0.2) is 71.7 Å². The zero-order chi connectivity index (χ0) is 31.1. The van der Waals surface area contributed by atoms with Crippen molar-refractivity contribution < 1.29 is 14.0 Å². The van der Waals surface area contributed by atoms with Gasteiger partial charge in [-0.25, -0.2) is 14.1 Å². The van der Waals surface area contributed by atoms with Crippen LogP contribution in [0.2, 0.25) is 0 Å². The van der Waals surface area contributed by atoms with Gasteiger partial charge >= 0.3 is 0 Å². The number of aromatic nitrogens is 3. The molecule has 2 N–H and O–H groups in total. The van der Waals surface area contributed by atoms with E-state index in [4.69, 9.17) is 0 Å². The summed E-state index contributed by atoms with van der Waals surface area (Å²) in [5, 5.41) is 11.0. The van der Waals surface area contributed by atoms with E-state index in [9.17, 15) is 14.4 Å². The Balaban J connectivity index is 1.27. The third-order valence-electron chi connectivity index (χ3n) is 7.78. The largest absolute Gasteiger partial charge is 0.343 e. The van der Waals surface area contributed by atoms with Gasteiger partial charge in [0.1, 0.15) is 17.5 Å². The summed E-state index contributed by atoms with van der Waals surface area (Å²) in [6, 6.07) is 17.2. The zero-order valence-electron chi connectivity index (χ0n) is 24.6. The summed E-state index contributed by atoms with van der Waals surface area (Å²) >= 11 is 1.33. The van der Waals surface area contributed by atoms with Crippen LogP contribution in [0.4, 0.5) is 21.6 Å². The summed E-state index contributed by atoms with van der Waals surface area (Å²) < 4.78 is 18.1. The van der Waals surface area contributed by atoms with Gasteiger partial charge in [-0.3, -0.25) is 19.3 Å². The van der Waals surface area contributed by atoms with E-state index in [0.29, 0.717) is 22.8 Å². The van der Waals surface area contributed by atoms with Crippen LogP contribution < -0.4 is 16.2 Å². The van der Waals surface area contributed by atoms with Crippen molar-refractivity contribution in [3.05, 3.63) is 99.0 Å². The highest BCUT2D eigenvalue weighted by molar-refractivity contribution is 7.20. The number of carbonyl (C=O) groups is 2. The quantitative estimate of drug-likeness (QED) is 0.280. The molecule has 0 spiro atoms. The molecule has 224 valence electrons. The second-order valence-electron chi connectivity index (χ2n) is 10.8. The van der Waals surface area contributed by atoms with Gasteiger partial charge in [-0.2, -0.15) is 5.10 Å².